The van der Waals surface area contributed by atoms with Crippen molar-refractivity contribution in [2.24, 2.45) is 0 Å². The van der Waals surface area contributed by atoms with E-state index in [0.717, 1.165) is 17.2 Å². The molecule has 0 aliphatic heterocycles. The molecule has 1 amide bonds. The topological polar surface area (TPSA) is 29.1 Å². The van der Waals surface area contributed by atoms with Crippen LogP contribution < -0.4 is 5.32 Å². The summed E-state index contributed by atoms with van der Waals surface area (Å²) in [6.45, 7) is 0. The maximum Gasteiger partial charge on any atom is 0.225 e. The molecule has 0 bridgehead atoms. The fraction of sp³-hybridized carbons (Fsp3) is 0.167. The Balaban J connectivity index is 1.59. The summed E-state index contributed by atoms with van der Waals surface area (Å²) in [5, 5.41) is 2.89. The summed E-state index contributed by atoms with van der Waals surface area (Å²) >= 11 is 1.76. The van der Waals surface area contributed by atoms with Crippen molar-refractivity contribution < 1.29 is 4.79 Å². The number of benzene rings is 2. The van der Waals surface area contributed by atoms with Gasteiger partial charge in [-0.1, -0.05) is 60.7 Å². The Morgan fingerprint density at radius 1 is 1.00 bits per heavy atom. The third kappa shape index (κ3) is 6.32. The van der Waals surface area contributed by atoms with Crippen LogP contribution in [-0.4, -0.2) is 17.4 Å². The molecule has 0 aliphatic rings. The minimum Gasteiger partial charge on any atom is -0.326 e. The molecule has 2 rings (SSSR count). The van der Waals surface area contributed by atoms with Crippen LogP contribution in [0.3, 0.4) is 0 Å². The number of carbonyl (C=O) groups is 1. The van der Waals surface area contributed by atoms with Crippen molar-refractivity contribution in [1.29, 1.82) is 0 Å². The maximum absolute atomic E-state index is 11.7. The molecule has 0 aromatic heterocycles. The second kappa shape index (κ2) is 9.03. The number of thioether (sulfide) groups is 1. The fourth-order valence-corrected chi connectivity index (χ4v) is 2.54. The lowest BCUT2D eigenvalue weighted by molar-refractivity contribution is -0.115. The van der Waals surface area contributed by atoms with Gasteiger partial charge in [0.25, 0.3) is 0 Å². The van der Waals surface area contributed by atoms with E-state index in [0.29, 0.717) is 6.42 Å². The SMILES string of the molecule is O=C(CCSCC=Cc1ccccc1)Nc1ccccc1. The van der Waals surface area contributed by atoms with E-state index < -0.39 is 0 Å². The highest BCUT2D eigenvalue weighted by Gasteiger charge is 2.00. The highest BCUT2D eigenvalue weighted by Crippen LogP contribution is 2.09. The minimum atomic E-state index is 0.0701. The predicted octanol–water partition coefficient (Wildman–Crippen LogP) is 4.46. The molecule has 0 fully saturated rings. The fourth-order valence-electron chi connectivity index (χ4n) is 1.81. The number of anilines is 1. The third-order valence-electron chi connectivity index (χ3n) is 2.85. The molecule has 0 saturated carbocycles. The van der Waals surface area contributed by atoms with E-state index in [9.17, 15) is 4.79 Å². The van der Waals surface area contributed by atoms with Gasteiger partial charge in [-0.2, -0.15) is 11.8 Å². The Morgan fingerprint density at radius 3 is 2.38 bits per heavy atom. The Bertz CT molecular complexity index is 566. The lowest BCUT2D eigenvalue weighted by atomic mass is 10.2. The number of hydrogen-bond donors (Lipinski definition) is 1. The predicted molar refractivity (Wildman–Crippen MR) is 92.5 cm³/mol. The zero-order chi connectivity index (χ0) is 14.8. The van der Waals surface area contributed by atoms with Crippen molar-refractivity contribution in [3.05, 3.63) is 72.3 Å². The Kier molecular flexibility index (Phi) is 6.62. The van der Waals surface area contributed by atoms with Crippen LogP contribution >= 0.6 is 11.8 Å². The molecule has 1 N–H and O–H groups in total. The second-order valence-corrected chi connectivity index (χ2v) is 5.70. The van der Waals surface area contributed by atoms with E-state index in [1.54, 1.807) is 11.8 Å². The summed E-state index contributed by atoms with van der Waals surface area (Å²) in [5.41, 5.74) is 2.07. The molecular weight excluding hydrogens is 278 g/mol. The molecule has 0 atom stereocenters. The highest BCUT2D eigenvalue weighted by atomic mass is 32.2. The summed E-state index contributed by atoms with van der Waals surface area (Å²) < 4.78 is 0. The normalized spacial score (nSPS) is 10.7. The molecule has 0 radical (unpaired) electrons. The summed E-state index contributed by atoms with van der Waals surface area (Å²) in [6.07, 6.45) is 4.78. The molecule has 108 valence electrons. The van der Waals surface area contributed by atoms with E-state index >= 15 is 0 Å². The average Bonchev–Trinajstić information content (AvgIpc) is 2.53. The van der Waals surface area contributed by atoms with Crippen LogP contribution in [0.25, 0.3) is 6.08 Å². The van der Waals surface area contributed by atoms with Crippen molar-refractivity contribution in [2.45, 2.75) is 6.42 Å². The van der Waals surface area contributed by atoms with Crippen LogP contribution in [0.5, 0.6) is 0 Å². The van der Waals surface area contributed by atoms with Crippen LogP contribution in [0.15, 0.2) is 66.7 Å². The number of rotatable bonds is 7. The molecule has 0 spiro atoms. The number of nitrogens with one attached hydrogen (secondary N) is 1. The molecule has 0 heterocycles. The van der Waals surface area contributed by atoms with Crippen LogP contribution in [0, 0.1) is 0 Å². The smallest absolute Gasteiger partial charge is 0.225 e. The molecule has 2 aromatic rings. The van der Waals surface area contributed by atoms with Gasteiger partial charge in [0.05, 0.1) is 0 Å². The zero-order valence-corrected chi connectivity index (χ0v) is 12.7. The van der Waals surface area contributed by atoms with Crippen LogP contribution in [0.1, 0.15) is 12.0 Å². The highest BCUT2D eigenvalue weighted by molar-refractivity contribution is 7.99. The van der Waals surface area contributed by atoms with Gasteiger partial charge in [-0.25, -0.2) is 0 Å². The van der Waals surface area contributed by atoms with Crippen LogP contribution in [0.2, 0.25) is 0 Å². The first kappa shape index (κ1) is 15.4. The Hall–Kier alpha value is -2.00. The molecular formula is C18H19NOS. The van der Waals surface area contributed by atoms with Crippen LogP contribution in [-0.2, 0) is 4.79 Å². The molecule has 2 nitrogen and oxygen atoms in total. The largest absolute Gasteiger partial charge is 0.326 e. The van der Waals surface area contributed by atoms with E-state index in [4.69, 9.17) is 0 Å². The van der Waals surface area contributed by atoms with Gasteiger partial charge in [0.2, 0.25) is 5.91 Å². The summed E-state index contributed by atoms with van der Waals surface area (Å²) in [4.78, 5) is 11.7. The quantitative estimate of drug-likeness (QED) is 0.764. The van der Waals surface area contributed by atoms with E-state index in [1.807, 2.05) is 48.5 Å². The van der Waals surface area contributed by atoms with Gasteiger partial charge in [0.1, 0.15) is 0 Å². The number of amides is 1. The molecule has 2 aromatic carbocycles. The van der Waals surface area contributed by atoms with E-state index in [2.05, 4.69) is 29.6 Å². The Morgan fingerprint density at radius 2 is 1.67 bits per heavy atom. The van der Waals surface area contributed by atoms with Gasteiger partial charge >= 0.3 is 0 Å². The summed E-state index contributed by atoms with van der Waals surface area (Å²) in [6, 6.07) is 19.8. The molecule has 0 saturated heterocycles. The number of hydrogen-bond acceptors (Lipinski definition) is 2. The van der Waals surface area contributed by atoms with Gasteiger partial charge < -0.3 is 5.32 Å². The molecule has 21 heavy (non-hydrogen) atoms. The summed E-state index contributed by atoms with van der Waals surface area (Å²) in [7, 11) is 0. The van der Waals surface area contributed by atoms with E-state index in [-0.39, 0.29) is 5.91 Å². The van der Waals surface area contributed by atoms with Gasteiger partial charge in [0, 0.05) is 23.6 Å². The standard InChI is InChI=1S/C18H19NOS/c20-18(19-17-11-5-2-6-12-17)13-15-21-14-7-10-16-8-3-1-4-9-16/h1-12H,13-15H2,(H,19,20). The number of para-hydroxylation sites is 1. The molecule has 0 unspecified atom stereocenters. The van der Waals surface area contributed by atoms with E-state index in [1.165, 1.54) is 5.56 Å². The monoisotopic (exact) mass is 297 g/mol. The van der Waals surface area contributed by atoms with Crippen molar-refractivity contribution in [2.75, 3.05) is 16.8 Å². The van der Waals surface area contributed by atoms with Crippen molar-refractivity contribution in [3.8, 4) is 0 Å². The van der Waals surface area contributed by atoms with Crippen molar-refractivity contribution in [1.82, 2.24) is 0 Å². The third-order valence-corrected chi connectivity index (χ3v) is 3.78. The maximum atomic E-state index is 11.7. The van der Waals surface area contributed by atoms with Crippen molar-refractivity contribution >= 4 is 29.4 Å². The minimum absolute atomic E-state index is 0.0701. The van der Waals surface area contributed by atoms with Crippen molar-refractivity contribution in [3.63, 3.8) is 0 Å². The van der Waals surface area contributed by atoms with Gasteiger partial charge in [-0.3, -0.25) is 4.79 Å². The Labute approximate surface area is 130 Å². The first-order valence-corrected chi connectivity index (χ1v) is 8.14. The average molecular weight is 297 g/mol. The lowest BCUT2D eigenvalue weighted by Crippen LogP contribution is -2.11. The molecule has 3 heteroatoms. The zero-order valence-electron chi connectivity index (χ0n) is 11.9. The summed E-state index contributed by atoms with van der Waals surface area (Å²) in [5.74, 6) is 1.83. The second-order valence-electron chi connectivity index (χ2n) is 4.55. The van der Waals surface area contributed by atoms with Gasteiger partial charge in [-0.15, -0.1) is 0 Å². The van der Waals surface area contributed by atoms with Gasteiger partial charge in [0.15, 0.2) is 0 Å². The first-order chi connectivity index (χ1) is 10.3. The lowest BCUT2D eigenvalue weighted by Gasteiger charge is -2.04. The number of carbonyl (C=O) groups excluding carboxylic acids is 1. The first-order valence-electron chi connectivity index (χ1n) is 6.99. The van der Waals surface area contributed by atoms with Gasteiger partial charge in [-0.05, 0) is 17.7 Å². The van der Waals surface area contributed by atoms with Crippen LogP contribution in [0.4, 0.5) is 5.69 Å². The molecule has 0 aliphatic carbocycles.